The van der Waals surface area contributed by atoms with E-state index in [2.05, 4.69) is 9.82 Å². The van der Waals surface area contributed by atoms with Gasteiger partial charge < -0.3 is 9.47 Å². The summed E-state index contributed by atoms with van der Waals surface area (Å²) >= 11 is -2.06. The fourth-order valence-electron chi connectivity index (χ4n) is 2.81. The fourth-order valence-corrected chi connectivity index (χ4v) is 3.10. The molecule has 2 aromatic carbocycles. The van der Waals surface area contributed by atoms with E-state index in [-0.39, 0.29) is 12.1 Å². The van der Waals surface area contributed by atoms with Crippen LogP contribution in [0.4, 0.5) is 0 Å². The lowest BCUT2D eigenvalue weighted by atomic mass is 10.0. The largest absolute Gasteiger partial charge is 0.493 e. The van der Waals surface area contributed by atoms with Crippen molar-refractivity contribution in [2.24, 2.45) is 7.05 Å². The van der Waals surface area contributed by atoms with Gasteiger partial charge in [-0.05, 0) is 17.7 Å². The van der Waals surface area contributed by atoms with Crippen LogP contribution in [-0.4, -0.2) is 32.8 Å². The second-order valence-electron chi connectivity index (χ2n) is 5.80. The highest BCUT2D eigenvalue weighted by Crippen LogP contribution is 2.34. The molecule has 142 valence electrons. The van der Waals surface area contributed by atoms with Gasteiger partial charge in [0.05, 0.1) is 25.3 Å². The molecule has 1 aromatic heterocycles. The lowest BCUT2D eigenvalue weighted by molar-refractivity contribution is 0.356. The zero-order valence-corrected chi connectivity index (χ0v) is 15.9. The first-order valence-corrected chi connectivity index (χ1v) is 9.12. The van der Waals surface area contributed by atoms with Gasteiger partial charge in [0.2, 0.25) is 11.3 Å². The minimum atomic E-state index is -2.06. The van der Waals surface area contributed by atoms with Crippen molar-refractivity contribution >= 4 is 22.0 Å². The number of methoxy groups -OCH3 is 2. The number of nitrogens with zero attached hydrogens (tertiary/aromatic N) is 2. The van der Waals surface area contributed by atoms with Crippen molar-refractivity contribution in [3.63, 3.8) is 0 Å². The lowest BCUT2D eigenvalue weighted by Gasteiger charge is -2.13. The van der Waals surface area contributed by atoms with E-state index < -0.39 is 11.3 Å². The van der Waals surface area contributed by atoms with Gasteiger partial charge in [0.1, 0.15) is 0 Å². The van der Waals surface area contributed by atoms with Crippen LogP contribution in [0.3, 0.4) is 0 Å². The van der Waals surface area contributed by atoms with Crippen LogP contribution in [0.25, 0.3) is 22.0 Å². The van der Waals surface area contributed by atoms with Gasteiger partial charge in [0, 0.05) is 24.5 Å². The predicted molar refractivity (Wildman–Crippen MR) is 103 cm³/mol. The molecule has 0 saturated heterocycles. The molecule has 1 atom stereocenters. The van der Waals surface area contributed by atoms with Crippen LogP contribution in [-0.2, 0) is 24.9 Å². The fraction of sp³-hybridized carbons (Fsp3) is 0.222. The van der Waals surface area contributed by atoms with E-state index >= 15 is 0 Å². The molecule has 0 spiro atoms. The Morgan fingerprint density at radius 1 is 1.11 bits per heavy atom. The van der Waals surface area contributed by atoms with Crippen LogP contribution in [0.2, 0.25) is 0 Å². The topological polar surface area (TPSA) is 103 Å². The third kappa shape index (κ3) is 3.85. The number of hydrogen-bond donors (Lipinski definition) is 2. The Morgan fingerprint density at radius 3 is 2.26 bits per heavy atom. The molecule has 0 amide bonds. The Kier molecular flexibility index (Phi) is 5.54. The van der Waals surface area contributed by atoms with Crippen LogP contribution in [0.15, 0.2) is 41.2 Å². The quantitative estimate of drug-likeness (QED) is 0.624. The van der Waals surface area contributed by atoms with Gasteiger partial charge in [0.15, 0.2) is 11.5 Å². The summed E-state index contributed by atoms with van der Waals surface area (Å²) in [6.45, 7) is 0.260. The lowest BCUT2D eigenvalue weighted by Crippen LogP contribution is -2.20. The highest BCUT2D eigenvalue weighted by Gasteiger charge is 2.15. The van der Waals surface area contributed by atoms with Crippen LogP contribution in [0.1, 0.15) is 5.56 Å². The molecular weight excluding hydrogens is 370 g/mol. The molecule has 27 heavy (non-hydrogen) atoms. The Hall–Kier alpha value is -2.75. The van der Waals surface area contributed by atoms with E-state index in [1.54, 1.807) is 19.2 Å². The molecule has 0 saturated carbocycles. The van der Waals surface area contributed by atoms with E-state index in [1.165, 1.54) is 18.9 Å². The van der Waals surface area contributed by atoms with E-state index in [9.17, 15) is 9.00 Å². The minimum absolute atomic E-state index is 0.235. The Bertz CT molecular complexity index is 1060. The summed E-state index contributed by atoms with van der Waals surface area (Å²) in [6, 6.07) is 10.7. The van der Waals surface area contributed by atoms with Gasteiger partial charge in [-0.1, -0.05) is 24.3 Å². The normalized spacial score (nSPS) is 12.1. The third-order valence-corrected chi connectivity index (χ3v) is 4.57. The summed E-state index contributed by atoms with van der Waals surface area (Å²) in [5, 5.41) is 5.53. The smallest absolute Gasteiger partial charge is 0.274 e. The molecule has 0 fully saturated rings. The van der Waals surface area contributed by atoms with Crippen LogP contribution < -0.4 is 19.8 Å². The number of fused-ring (bicyclic) bond motifs is 1. The number of nitrogens with one attached hydrogen (secondary N) is 1. The molecule has 1 unspecified atom stereocenters. The molecule has 1 heterocycles. The van der Waals surface area contributed by atoms with Crippen LogP contribution in [0, 0.1) is 0 Å². The summed E-state index contributed by atoms with van der Waals surface area (Å²) in [6.07, 6.45) is 0. The average Bonchev–Trinajstić information content (AvgIpc) is 2.68. The first-order valence-electron chi connectivity index (χ1n) is 8.01. The van der Waals surface area contributed by atoms with Crippen molar-refractivity contribution in [3.05, 3.63) is 52.3 Å². The van der Waals surface area contributed by atoms with Gasteiger partial charge in [-0.15, -0.1) is 0 Å². The van der Waals surface area contributed by atoms with Gasteiger partial charge in [0.25, 0.3) is 5.56 Å². The second-order valence-corrected chi connectivity index (χ2v) is 6.58. The average molecular weight is 389 g/mol. The maximum absolute atomic E-state index is 12.5. The molecule has 9 heteroatoms. The standard InChI is InChI=1S/C18H19N3O5S/c1-21-18(22)14-9-16(26-3)15(25-2)8-13(14)17(20-21)12-6-4-11(5-7-12)10-19-27(23)24/h4-9,19H,10H2,1-3H3,(H,23,24). The molecule has 0 radical (unpaired) electrons. The molecule has 0 aliphatic heterocycles. The molecule has 2 N–H and O–H groups in total. The molecular formula is C18H19N3O5S. The number of ether oxygens (including phenoxy) is 2. The number of aryl methyl sites for hydroxylation is 1. The third-order valence-electron chi connectivity index (χ3n) is 4.18. The molecule has 0 aliphatic rings. The summed E-state index contributed by atoms with van der Waals surface area (Å²) in [5.74, 6) is 0.977. The van der Waals surface area contributed by atoms with E-state index in [0.29, 0.717) is 28.0 Å². The Balaban J connectivity index is 2.15. The zero-order chi connectivity index (χ0) is 19.6. The van der Waals surface area contributed by atoms with E-state index in [1.807, 2.05) is 24.3 Å². The van der Waals surface area contributed by atoms with Gasteiger partial charge in [-0.25, -0.2) is 13.6 Å². The van der Waals surface area contributed by atoms with Gasteiger partial charge in [-0.3, -0.25) is 9.35 Å². The minimum Gasteiger partial charge on any atom is -0.493 e. The van der Waals surface area contributed by atoms with E-state index in [4.69, 9.17) is 14.0 Å². The maximum Gasteiger partial charge on any atom is 0.274 e. The summed E-state index contributed by atoms with van der Waals surface area (Å²) in [4.78, 5) is 12.5. The van der Waals surface area contributed by atoms with Crippen LogP contribution in [0.5, 0.6) is 11.5 Å². The predicted octanol–water partition coefficient (Wildman–Crippen LogP) is 1.84. The highest BCUT2D eigenvalue weighted by atomic mass is 32.2. The summed E-state index contributed by atoms with van der Waals surface area (Å²) < 4.78 is 33.9. The zero-order valence-electron chi connectivity index (χ0n) is 15.1. The number of benzene rings is 2. The first kappa shape index (κ1) is 19.0. The second kappa shape index (κ2) is 7.87. The SMILES string of the molecule is COc1cc2c(-c3ccc(CNS(=O)O)cc3)nn(C)c(=O)c2cc1OC. The van der Waals surface area contributed by atoms with Crippen molar-refractivity contribution in [2.75, 3.05) is 14.2 Å². The van der Waals surface area contributed by atoms with Crippen molar-refractivity contribution in [1.82, 2.24) is 14.5 Å². The molecule has 0 bridgehead atoms. The summed E-state index contributed by atoms with van der Waals surface area (Å²) in [5.41, 5.74) is 2.03. The van der Waals surface area contributed by atoms with E-state index in [0.717, 1.165) is 11.1 Å². The monoisotopic (exact) mass is 389 g/mol. The Labute approximate surface area is 158 Å². The van der Waals surface area contributed by atoms with Crippen LogP contribution >= 0.6 is 0 Å². The van der Waals surface area contributed by atoms with Crippen molar-refractivity contribution in [3.8, 4) is 22.8 Å². The van der Waals surface area contributed by atoms with Crippen molar-refractivity contribution in [2.45, 2.75) is 6.54 Å². The van der Waals surface area contributed by atoms with Crippen molar-refractivity contribution in [1.29, 1.82) is 0 Å². The Morgan fingerprint density at radius 2 is 1.70 bits per heavy atom. The van der Waals surface area contributed by atoms with Crippen molar-refractivity contribution < 1.29 is 18.2 Å². The maximum atomic E-state index is 12.5. The summed E-state index contributed by atoms with van der Waals surface area (Å²) in [7, 11) is 4.64. The molecule has 3 rings (SSSR count). The first-order chi connectivity index (χ1) is 12.9. The highest BCUT2D eigenvalue weighted by molar-refractivity contribution is 7.77. The molecule has 3 aromatic rings. The molecule has 0 aliphatic carbocycles. The number of rotatable bonds is 6. The van der Waals surface area contributed by atoms with Gasteiger partial charge >= 0.3 is 0 Å². The number of aromatic nitrogens is 2. The molecule has 8 nitrogen and oxygen atoms in total. The van der Waals surface area contributed by atoms with Gasteiger partial charge in [-0.2, -0.15) is 5.10 Å². The number of hydrogen-bond acceptors (Lipinski definition) is 5.